The van der Waals surface area contributed by atoms with E-state index >= 15 is 0 Å². The monoisotopic (exact) mass is 235 g/mol. The maximum Gasteiger partial charge on any atom is 0.254 e. The molecule has 0 bridgehead atoms. The van der Waals surface area contributed by atoms with Crippen LogP contribution in [0.4, 0.5) is 0 Å². The molecule has 0 radical (unpaired) electrons. The largest absolute Gasteiger partial charge is 0.373 e. The van der Waals surface area contributed by atoms with E-state index in [4.69, 9.17) is 10.5 Å². The number of nitrogens with two attached hydrogens (primary N) is 1. The van der Waals surface area contributed by atoms with Crippen molar-refractivity contribution in [3.63, 3.8) is 0 Å². The summed E-state index contributed by atoms with van der Waals surface area (Å²) in [4.78, 5) is 17.9. The van der Waals surface area contributed by atoms with Crippen LogP contribution < -0.4 is 5.73 Å². The average Bonchev–Trinajstić information content (AvgIpc) is 2.39. The van der Waals surface area contributed by atoms with Gasteiger partial charge in [0.2, 0.25) is 0 Å². The van der Waals surface area contributed by atoms with E-state index in [2.05, 4.69) is 4.98 Å². The summed E-state index contributed by atoms with van der Waals surface area (Å²) in [6, 6.07) is 3.38. The first kappa shape index (κ1) is 12.0. The molecule has 1 amide bonds. The highest BCUT2D eigenvalue weighted by Gasteiger charge is 2.26. The Morgan fingerprint density at radius 2 is 2.29 bits per heavy atom. The minimum absolute atomic E-state index is 0.0151. The molecule has 17 heavy (non-hydrogen) atoms. The Kier molecular flexibility index (Phi) is 3.71. The van der Waals surface area contributed by atoms with Gasteiger partial charge in [-0.15, -0.1) is 0 Å². The standard InChI is InChI=1S/C12H17N3O2/c1-9(13)11-8-15(6-7-17-11)12(16)10-2-4-14-5-3-10/h2-5,9,11H,6-8,13H2,1H3. The third-order valence-electron chi connectivity index (χ3n) is 2.89. The zero-order valence-electron chi connectivity index (χ0n) is 9.87. The van der Waals surface area contributed by atoms with Crippen molar-refractivity contribution in [3.8, 4) is 0 Å². The molecule has 0 saturated carbocycles. The molecular formula is C12H17N3O2. The van der Waals surface area contributed by atoms with Crippen molar-refractivity contribution in [3.05, 3.63) is 30.1 Å². The first-order valence-electron chi connectivity index (χ1n) is 5.75. The molecular weight excluding hydrogens is 218 g/mol. The third-order valence-corrected chi connectivity index (χ3v) is 2.89. The summed E-state index contributed by atoms with van der Waals surface area (Å²) >= 11 is 0. The van der Waals surface area contributed by atoms with Gasteiger partial charge in [-0.05, 0) is 19.1 Å². The minimum Gasteiger partial charge on any atom is -0.373 e. The van der Waals surface area contributed by atoms with E-state index in [9.17, 15) is 4.79 Å². The molecule has 1 fully saturated rings. The summed E-state index contributed by atoms with van der Waals surface area (Å²) in [5, 5.41) is 0. The van der Waals surface area contributed by atoms with Gasteiger partial charge in [0.25, 0.3) is 5.91 Å². The number of ether oxygens (including phenoxy) is 1. The van der Waals surface area contributed by atoms with Gasteiger partial charge in [-0.1, -0.05) is 0 Å². The molecule has 2 rings (SSSR count). The van der Waals surface area contributed by atoms with Crippen LogP contribution in [0, 0.1) is 0 Å². The number of carbonyl (C=O) groups excluding carboxylic acids is 1. The van der Waals surface area contributed by atoms with Crippen molar-refractivity contribution in [2.75, 3.05) is 19.7 Å². The lowest BCUT2D eigenvalue weighted by Crippen LogP contribution is -2.51. The summed E-state index contributed by atoms with van der Waals surface area (Å²) in [5.41, 5.74) is 6.45. The highest BCUT2D eigenvalue weighted by Crippen LogP contribution is 2.11. The highest BCUT2D eigenvalue weighted by atomic mass is 16.5. The van der Waals surface area contributed by atoms with E-state index in [1.807, 2.05) is 6.92 Å². The maximum atomic E-state index is 12.2. The lowest BCUT2D eigenvalue weighted by atomic mass is 10.1. The third kappa shape index (κ3) is 2.81. The van der Waals surface area contributed by atoms with Crippen LogP contribution in [0.5, 0.6) is 0 Å². The van der Waals surface area contributed by atoms with Gasteiger partial charge in [-0.25, -0.2) is 0 Å². The minimum atomic E-state index is -0.0745. The van der Waals surface area contributed by atoms with Gasteiger partial charge in [-0.2, -0.15) is 0 Å². The van der Waals surface area contributed by atoms with Crippen molar-refractivity contribution < 1.29 is 9.53 Å². The van der Waals surface area contributed by atoms with Crippen LogP contribution in [-0.4, -0.2) is 47.6 Å². The van der Waals surface area contributed by atoms with Crippen LogP contribution in [0.2, 0.25) is 0 Å². The second-order valence-corrected chi connectivity index (χ2v) is 4.26. The van der Waals surface area contributed by atoms with Gasteiger partial charge < -0.3 is 15.4 Å². The van der Waals surface area contributed by atoms with E-state index < -0.39 is 0 Å². The van der Waals surface area contributed by atoms with Crippen molar-refractivity contribution in [1.82, 2.24) is 9.88 Å². The fourth-order valence-electron chi connectivity index (χ4n) is 1.86. The van der Waals surface area contributed by atoms with Crippen LogP contribution >= 0.6 is 0 Å². The normalized spacial score (nSPS) is 22.2. The van der Waals surface area contributed by atoms with E-state index in [1.54, 1.807) is 29.4 Å². The maximum absolute atomic E-state index is 12.2. The number of hydrogen-bond donors (Lipinski definition) is 1. The molecule has 2 unspecified atom stereocenters. The van der Waals surface area contributed by atoms with Crippen LogP contribution in [0.15, 0.2) is 24.5 Å². The van der Waals surface area contributed by atoms with Crippen molar-refractivity contribution >= 4 is 5.91 Å². The van der Waals surface area contributed by atoms with E-state index in [-0.39, 0.29) is 18.1 Å². The molecule has 1 aliphatic heterocycles. The number of morpholine rings is 1. The Morgan fingerprint density at radius 3 is 2.94 bits per heavy atom. The number of nitrogens with zero attached hydrogens (tertiary/aromatic N) is 2. The predicted molar refractivity (Wildman–Crippen MR) is 63.5 cm³/mol. The van der Waals surface area contributed by atoms with Gasteiger partial charge in [0.15, 0.2) is 0 Å². The smallest absolute Gasteiger partial charge is 0.254 e. The molecule has 1 saturated heterocycles. The lowest BCUT2D eigenvalue weighted by molar-refractivity contribution is -0.0300. The Morgan fingerprint density at radius 1 is 1.59 bits per heavy atom. The van der Waals surface area contributed by atoms with Crippen molar-refractivity contribution in [2.45, 2.75) is 19.1 Å². The first-order chi connectivity index (χ1) is 8.18. The lowest BCUT2D eigenvalue weighted by Gasteiger charge is -2.34. The summed E-state index contributed by atoms with van der Waals surface area (Å²) < 4.78 is 5.52. The van der Waals surface area contributed by atoms with E-state index in [0.29, 0.717) is 25.3 Å². The van der Waals surface area contributed by atoms with Crippen LogP contribution in [0.3, 0.4) is 0 Å². The molecule has 2 atom stereocenters. The number of hydrogen-bond acceptors (Lipinski definition) is 4. The SMILES string of the molecule is CC(N)C1CN(C(=O)c2ccncc2)CCO1. The Bertz CT molecular complexity index is 381. The number of amides is 1. The molecule has 5 nitrogen and oxygen atoms in total. The molecule has 0 aliphatic carbocycles. The van der Waals surface area contributed by atoms with E-state index in [1.165, 1.54) is 0 Å². The van der Waals surface area contributed by atoms with Crippen LogP contribution in [0.1, 0.15) is 17.3 Å². The molecule has 1 aliphatic rings. The second kappa shape index (κ2) is 5.25. The zero-order chi connectivity index (χ0) is 12.3. The fraction of sp³-hybridized carbons (Fsp3) is 0.500. The Labute approximate surface area is 101 Å². The van der Waals surface area contributed by atoms with Gasteiger partial charge in [-0.3, -0.25) is 9.78 Å². The molecule has 92 valence electrons. The number of aromatic nitrogens is 1. The van der Waals surface area contributed by atoms with Gasteiger partial charge >= 0.3 is 0 Å². The van der Waals surface area contributed by atoms with Gasteiger partial charge in [0, 0.05) is 37.1 Å². The van der Waals surface area contributed by atoms with Gasteiger partial charge in [0.1, 0.15) is 0 Å². The second-order valence-electron chi connectivity index (χ2n) is 4.26. The first-order valence-corrected chi connectivity index (χ1v) is 5.75. The molecule has 5 heteroatoms. The Balaban J connectivity index is 2.05. The van der Waals surface area contributed by atoms with Crippen molar-refractivity contribution in [2.24, 2.45) is 5.73 Å². The summed E-state index contributed by atoms with van der Waals surface area (Å²) in [5.74, 6) is 0.0151. The zero-order valence-corrected chi connectivity index (χ0v) is 9.87. The summed E-state index contributed by atoms with van der Waals surface area (Å²) in [6.07, 6.45) is 3.17. The Hall–Kier alpha value is -1.46. The number of pyridine rings is 1. The molecule has 2 heterocycles. The summed E-state index contributed by atoms with van der Waals surface area (Å²) in [6.45, 7) is 3.61. The topological polar surface area (TPSA) is 68.5 Å². The summed E-state index contributed by atoms with van der Waals surface area (Å²) in [7, 11) is 0. The number of rotatable bonds is 2. The van der Waals surface area contributed by atoms with Crippen LogP contribution in [-0.2, 0) is 4.74 Å². The predicted octanol–water partition coefficient (Wildman–Crippen LogP) is 0.270. The molecule has 1 aromatic heterocycles. The molecule has 1 aromatic rings. The molecule has 0 aromatic carbocycles. The van der Waals surface area contributed by atoms with Gasteiger partial charge in [0.05, 0.1) is 12.7 Å². The fourth-order valence-corrected chi connectivity index (χ4v) is 1.86. The van der Waals surface area contributed by atoms with E-state index in [0.717, 1.165) is 0 Å². The highest BCUT2D eigenvalue weighted by molar-refractivity contribution is 5.94. The molecule has 2 N–H and O–H groups in total. The number of carbonyl (C=O) groups is 1. The van der Waals surface area contributed by atoms with Crippen LogP contribution in [0.25, 0.3) is 0 Å². The quantitative estimate of drug-likeness (QED) is 0.799. The molecule has 0 spiro atoms. The average molecular weight is 235 g/mol. The van der Waals surface area contributed by atoms with Crippen molar-refractivity contribution in [1.29, 1.82) is 0 Å².